The minimum absolute atomic E-state index is 0.0795. The first kappa shape index (κ1) is 16.8. The molecule has 0 amide bonds. The number of para-hydroxylation sites is 1. The lowest BCUT2D eigenvalue weighted by atomic mass is 10.1. The van der Waals surface area contributed by atoms with Crippen molar-refractivity contribution in [2.75, 3.05) is 0 Å². The molecule has 2 N–H and O–H groups in total. The van der Waals surface area contributed by atoms with Gasteiger partial charge in [-0.15, -0.1) is 0 Å². The van der Waals surface area contributed by atoms with Crippen LogP contribution in [0, 0.1) is 10.1 Å². The maximum absolute atomic E-state index is 10.6. The maximum atomic E-state index is 10.6. The van der Waals surface area contributed by atoms with Crippen LogP contribution in [0.4, 0.5) is 5.69 Å². The lowest BCUT2D eigenvalue weighted by Gasteiger charge is -2.02. The zero-order chi connectivity index (χ0) is 15.8. The molecule has 0 saturated heterocycles. The third-order valence-corrected chi connectivity index (χ3v) is 2.84. The lowest BCUT2D eigenvalue weighted by Crippen LogP contribution is -2.03. The molecule has 21 heavy (non-hydrogen) atoms. The molecule has 0 aliphatic rings. The lowest BCUT2D eigenvalue weighted by molar-refractivity contribution is -0.385. The molecular formula is C15H15ClN2O3. The summed E-state index contributed by atoms with van der Waals surface area (Å²) in [5.74, 6) is 0. The first-order valence-corrected chi connectivity index (χ1v) is 6.55. The smallest absolute Gasteiger partial charge is 0.281 e. The molecular weight excluding hydrogens is 292 g/mol. The van der Waals surface area contributed by atoms with Gasteiger partial charge in [-0.25, -0.2) is 0 Å². The molecule has 0 aliphatic heterocycles. The Labute approximate surface area is 127 Å². The molecule has 0 aromatic heterocycles. The van der Waals surface area contributed by atoms with Gasteiger partial charge in [-0.2, -0.15) is 0 Å². The van der Waals surface area contributed by atoms with Gasteiger partial charge < -0.3 is 5.73 Å². The minimum atomic E-state index is -0.817. The molecule has 0 radical (unpaired) electrons. The van der Waals surface area contributed by atoms with Crippen LogP contribution < -0.4 is 5.73 Å². The van der Waals surface area contributed by atoms with E-state index in [0.29, 0.717) is 0 Å². The molecule has 0 saturated carbocycles. The van der Waals surface area contributed by atoms with E-state index in [2.05, 4.69) is 0 Å². The number of hydrogen-bond acceptors (Lipinski definition) is 4. The fourth-order valence-corrected chi connectivity index (χ4v) is 1.72. The number of nitro benzene ring substituents is 1. The summed E-state index contributed by atoms with van der Waals surface area (Å²) in [6.45, 7) is 1.98. The van der Waals surface area contributed by atoms with Crippen molar-refractivity contribution in [2.45, 2.75) is 13.0 Å². The standard InChI is InChI=1S/C8H11N.C7H4ClNO3/c1-7(9)8-5-3-2-4-6-8;8-7(10)5-3-1-2-4-6(5)9(11)12/h2-7H,9H2,1H3;1-4H. The van der Waals surface area contributed by atoms with E-state index in [0.717, 1.165) is 0 Å². The summed E-state index contributed by atoms with van der Waals surface area (Å²) >= 11 is 5.11. The Morgan fingerprint density at radius 3 is 2.05 bits per heavy atom. The molecule has 2 aromatic carbocycles. The predicted molar refractivity (Wildman–Crippen MR) is 82.3 cm³/mol. The largest absolute Gasteiger partial charge is 0.324 e. The van der Waals surface area contributed by atoms with Crippen LogP contribution in [0.5, 0.6) is 0 Å². The van der Waals surface area contributed by atoms with Gasteiger partial charge in [0.25, 0.3) is 10.9 Å². The summed E-state index contributed by atoms with van der Waals surface area (Å²) in [5.41, 5.74) is 6.46. The number of rotatable bonds is 3. The average Bonchev–Trinajstić information content (AvgIpc) is 2.48. The van der Waals surface area contributed by atoms with Crippen LogP contribution >= 0.6 is 11.6 Å². The predicted octanol–water partition coefficient (Wildman–Crippen LogP) is 3.68. The van der Waals surface area contributed by atoms with Crippen LogP contribution in [-0.4, -0.2) is 10.2 Å². The van der Waals surface area contributed by atoms with Gasteiger partial charge in [0.1, 0.15) is 5.56 Å². The van der Waals surface area contributed by atoms with E-state index in [1.165, 1.54) is 29.8 Å². The number of nitrogens with two attached hydrogens (primary N) is 1. The zero-order valence-corrected chi connectivity index (χ0v) is 12.2. The van der Waals surface area contributed by atoms with Gasteiger partial charge in [0.05, 0.1) is 4.92 Å². The number of nitro groups is 1. The van der Waals surface area contributed by atoms with Gasteiger partial charge in [0.2, 0.25) is 0 Å². The van der Waals surface area contributed by atoms with E-state index in [1.807, 2.05) is 37.3 Å². The highest BCUT2D eigenvalue weighted by molar-refractivity contribution is 6.68. The van der Waals surface area contributed by atoms with E-state index in [1.54, 1.807) is 0 Å². The monoisotopic (exact) mass is 306 g/mol. The Kier molecular flexibility index (Phi) is 6.52. The van der Waals surface area contributed by atoms with Crippen LogP contribution in [0.25, 0.3) is 0 Å². The molecule has 2 rings (SSSR count). The molecule has 5 nitrogen and oxygen atoms in total. The van der Waals surface area contributed by atoms with Crippen molar-refractivity contribution in [3.63, 3.8) is 0 Å². The summed E-state index contributed by atoms with van der Waals surface area (Å²) in [6, 6.07) is 15.7. The summed E-state index contributed by atoms with van der Waals surface area (Å²) in [7, 11) is 0. The molecule has 0 heterocycles. The van der Waals surface area contributed by atoms with Crippen molar-refractivity contribution in [1.29, 1.82) is 0 Å². The van der Waals surface area contributed by atoms with E-state index in [9.17, 15) is 14.9 Å². The molecule has 0 aliphatic carbocycles. The van der Waals surface area contributed by atoms with Crippen LogP contribution in [0.3, 0.4) is 0 Å². The Bertz CT molecular complexity index is 582. The fraction of sp³-hybridized carbons (Fsp3) is 0.133. The second-order valence-electron chi connectivity index (χ2n) is 4.25. The summed E-state index contributed by atoms with van der Waals surface area (Å²) in [6.07, 6.45) is 0. The Morgan fingerprint density at radius 2 is 1.67 bits per heavy atom. The minimum Gasteiger partial charge on any atom is -0.324 e. The van der Waals surface area contributed by atoms with Crippen molar-refractivity contribution in [2.24, 2.45) is 5.73 Å². The Morgan fingerprint density at radius 1 is 1.14 bits per heavy atom. The highest BCUT2D eigenvalue weighted by atomic mass is 35.5. The average molecular weight is 307 g/mol. The molecule has 0 spiro atoms. The number of carbonyl (C=O) groups excluding carboxylic acids is 1. The molecule has 0 fully saturated rings. The first-order valence-electron chi connectivity index (χ1n) is 6.17. The third kappa shape index (κ3) is 5.33. The van der Waals surface area contributed by atoms with E-state index in [4.69, 9.17) is 17.3 Å². The van der Waals surface area contributed by atoms with Crippen molar-refractivity contribution >= 4 is 22.5 Å². The zero-order valence-electron chi connectivity index (χ0n) is 11.4. The van der Waals surface area contributed by atoms with Gasteiger partial charge >= 0.3 is 0 Å². The summed E-state index contributed by atoms with van der Waals surface area (Å²) in [5, 5.41) is 9.50. The van der Waals surface area contributed by atoms with Gasteiger partial charge in [0.15, 0.2) is 0 Å². The summed E-state index contributed by atoms with van der Waals surface area (Å²) in [4.78, 5) is 20.3. The van der Waals surface area contributed by atoms with E-state index in [-0.39, 0.29) is 17.3 Å². The SMILES string of the molecule is CC(N)c1ccccc1.O=C(Cl)c1ccccc1[N+](=O)[O-]. The normalized spacial score (nSPS) is 11.0. The number of nitrogens with zero attached hydrogens (tertiary/aromatic N) is 1. The van der Waals surface area contributed by atoms with Crippen LogP contribution in [0.2, 0.25) is 0 Å². The summed E-state index contributed by atoms with van der Waals surface area (Å²) < 4.78 is 0. The molecule has 1 unspecified atom stereocenters. The van der Waals surface area contributed by atoms with Crippen molar-refractivity contribution in [3.05, 3.63) is 75.8 Å². The van der Waals surface area contributed by atoms with Gasteiger partial charge in [-0.05, 0) is 30.2 Å². The molecule has 2 aromatic rings. The molecule has 0 bridgehead atoms. The van der Waals surface area contributed by atoms with Crippen LogP contribution in [-0.2, 0) is 0 Å². The second kappa shape index (κ2) is 8.14. The fourth-order valence-electron chi connectivity index (χ4n) is 1.56. The number of halogens is 1. The van der Waals surface area contributed by atoms with Gasteiger partial charge in [-0.3, -0.25) is 14.9 Å². The Hall–Kier alpha value is -2.24. The third-order valence-electron chi connectivity index (χ3n) is 2.64. The second-order valence-corrected chi connectivity index (χ2v) is 4.59. The highest BCUT2D eigenvalue weighted by Crippen LogP contribution is 2.18. The quantitative estimate of drug-likeness (QED) is 0.532. The van der Waals surface area contributed by atoms with Crippen LogP contribution in [0.1, 0.15) is 28.9 Å². The molecule has 6 heteroatoms. The van der Waals surface area contributed by atoms with Gasteiger partial charge in [0, 0.05) is 12.1 Å². The first-order chi connectivity index (χ1) is 9.93. The topological polar surface area (TPSA) is 86.2 Å². The highest BCUT2D eigenvalue weighted by Gasteiger charge is 2.16. The van der Waals surface area contributed by atoms with Crippen molar-refractivity contribution < 1.29 is 9.72 Å². The molecule has 1 atom stereocenters. The number of benzene rings is 2. The van der Waals surface area contributed by atoms with E-state index < -0.39 is 10.2 Å². The number of hydrogen-bond donors (Lipinski definition) is 1. The Balaban J connectivity index is 0.000000219. The maximum Gasteiger partial charge on any atom is 0.281 e. The van der Waals surface area contributed by atoms with Gasteiger partial charge in [-0.1, -0.05) is 42.5 Å². The van der Waals surface area contributed by atoms with E-state index >= 15 is 0 Å². The molecule has 110 valence electrons. The van der Waals surface area contributed by atoms with Crippen molar-refractivity contribution in [3.8, 4) is 0 Å². The van der Waals surface area contributed by atoms with Crippen molar-refractivity contribution in [1.82, 2.24) is 0 Å². The number of carbonyl (C=O) groups is 1. The van der Waals surface area contributed by atoms with Crippen LogP contribution in [0.15, 0.2) is 54.6 Å².